The SMILES string of the molecule is CNC(=O)OCCOCCOCCI. The second-order valence-corrected chi connectivity index (χ2v) is 3.38. The van der Waals surface area contributed by atoms with E-state index in [1.807, 2.05) is 0 Å². The zero-order chi connectivity index (χ0) is 10.6. The molecule has 0 unspecified atom stereocenters. The largest absolute Gasteiger partial charge is 0.447 e. The van der Waals surface area contributed by atoms with Crippen LogP contribution >= 0.6 is 22.6 Å². The van der Waals surface area contributed by atoms with Gasteiger partial charge in [-0.05, 0) is 0 Å². The van der Waals surface area contributed by atoms with Crippen LogP contribution in [0.3, 0.4) is 0 Å². The van der Waals surface area contributed by atoms with E-state index < -0.39 is 6.09 Å². The standard InChI is InChI=1S/C8H16INO4/c1-10-8(11)14-7-6-13-5-4-12-3-2-9/h2-7H2,1H3,(H,10,11). The Kier molecular flexibility index (Phi) is 10.9. The van der Waals surface area contributed by atoms with E-state index in [2.05, 4.69) is 27.9 Å². The van der Waals surface area contributed by atoms with Gasteiger partial charge >= 0.3 is 6.09 Å². The first kappa shape index (κ1) is 13.9. The van der Waals surface area contributed by atoms with Gasteiger partial charge in [0.1, 0.15) is 6.61 Å². The van der Waals surface area contributed by atoms with Crippen molar-refractivity contribution in [1.29, 1.82) is 0 Å². The summed E-state index contributed by atoms with van der Waals surface area (Å²) in [7, 11) is 1.51. The summed E-state index contributed by atoms with van der Waals surface area (Å²) in [6.45, 7) is 2.54. The first-order valence-electron chi connectivity index (χ1n) is 4.37. The van der Waals surface area contributed by atoms with Crippen LogP contribution in [0.25, 0.3) is 0 Å². The summed E-state index contributed by atoms with van der Waals surface area (Å²) in [4.78, 5) is 10.6. The Labute approximate surface area is 97.6 Å². The van der Waals surface area contributed by atoms with Crippen molar-refractivity contribution < 1.29 is 19.0 Å². The number of hydrogen-bond acceptors (Lipinski definition) is 4. The molecule has 0 saturated carbocycles. The Morgan fingerprint density at radius 3 is 2.29 bits per heavy atom. The number of halogens is 1. The molecule has 0 fully saturated rings. The van der Waals surface area contributed by atoms with E-state index >= 15 is 0 Å². The summed E-state index contributed by atoms with van der Waals surface area (Å²) < 4.78 is 16.0. The van der Waals surface area contributed by atoms with E-state index in [4.69, 9.17) is 14.2 Å². The Bertz CT molecular complexity index is 145. The molecular formula is C8H16INO4. The van der Waals surface area contributed by atoms with Crippen molar-refractivity contribution in [3.05, 3.63) is 0 Å². The van der Waals surface area contributed by atoms with Gasteiger partial charge in [0.15, 0.2) is 0 Å². The maximum Gasteiger partial charge on any atom is 0.406 e. The van der Waals surface area contributed by atoms with Crippen LogP contribution in [0.2, 0.25) is 0 Å². The van der Waals surface area contributed by atoms with Gasteiger partial charge < -0.3 is 19.5 Å². The third-order valence-electron chi connectivity index (χ3n) is 1.26. The molecule has 5 nitrogen and oxygen atoms in total. The van der Waals surface area contributed by atoms with Crippen LogP contribution in [0.5, 0.6) is 0 Å². The average molecular weight is 317 g/mol. The number of amides is 1. The molecule has 1 N–H and O–H groups in total. The Morgan fingerprint density at radius 1 is 1.14 bits per heavy atom. The van der Waals surface area contributed by atoms with Gasteiger partial charge in [-0.3, -0.25) is 0 Å². The number of hydrogen-bond donors (Lipinski definition) is 1. The van der Waals surface area contributed by atoms with Gasteiger partial charge in [0.05, 0.1) is 26.4 Å². The van der Waals surface area contributed by atoms with Gasteiger partial charge in [0.2, 0.25) is 0 Å². The minimum atomic E-state index is -0.435. The van der Waals surface area contributed by atoms with Crippen LogP contribution in [0.1, 0.15) is 0 Å². The van der Waals surface area contributed by atoms with Crippen LogP contribution < -0.4 is 5.32 Å². The summed E-state index contributed by atoms with van der Waals surface area (Å²) in [6, 6.07) is 0. The van der Waals surface area contributed by atoms with E-state index in [0.29, 0.717) is 19.8 Å². The molecule has 0 rings (SSSR count). The zero-order valence-corrected chi connectivity index (χ0v) is 10.4. The van der Waals surface area contributed by atoms with E-state index in [0.717, 1.165) is 11.0 Å². The second-order valence-electron chi connectivity index (χ2n) is 2.30. The van der Waals surface area contributed by atoms with Gasteiger partial charge in [-0.15, -0.1) is 0 Å². The molecule has 0 aromatic carbocycles. The summed E-state index contributed by atoms with van der Waals surface area (Å²) in [5.74, 6) is 0. The minimum absolute atomic E-state index is 0.270. The van der Waals surface area contributed by atoms with Crippen LogP contribution in [0, 0.1) is 0 Å². The molecule has 0 heterocycles. The monoisotopic (exact) mass is 317 g/mol. The van der Waals surface area contributed by atoms with Gasteiger partial charge in [-0.2, -0.15) is 0 Å². The number of rotatable bonds is 8. The van der Waals surface area contributed by atoms with Crippen molar-refractivity contribution in [3.8, 4) is 0 Å². The number of nitrogens with one attached hydrogen (secondary N) is 1. The predicted octanol–water partition coefficient (Wildman–Crippen LogP) is 0.811. The Morgan fingerprint density at radius 2 is 1.71 bits per heavy atom. The smallest absolute Gasteiger partial charge is 0.406 e. The lowest BCUT2D eigenvalue weighted by Crippen LogP contribution is -2.21. The normalized spacial score (nSPS) is 9.86. The lowest BCUT2D eigenvalue weighted by molar-refractivity contribution is 0.0326. The second kappa shape index (κ2) is 11.0. The lowest BCUT2D eigenvalue weighted by Gasteiger charge is -2.05. The van der Waals surface area contributed by atoms with Crippen molar-refractivity contribution in [2.45, 2.75) is 0 Å². The van der Waals surface area contributed by atoms with Crippen LogP contribution in [-0.2, 0) is 14.2 Å². The van der Waals surface area contributed by atoms with Crippen molar-refractivity contribution in [3.63, 3.8) is 0 Å². The summed E-state index contributed by atoms with van der Waals surface area (Å²) in [5.41, 5.74) is 0. The first-order valence-corrected chi connectivity index (χ1v) is 5.89. The molecule has 0 saturated heterocycles. The fraction of sp³-hybridized carbons (Fsp3) is 0.875. The first-order chi connectivity index (χ1) is 6.81. The Balaban J connectivity index is 2.95. The highest BCUT2D eigenvalue weighted by molar-refractivity contribution is 14.1. The lowest BCUT2D eigenvalue weighted by atomic mass is 10.7. The molecule has 84 valence electrons. The molecule has 0 aromatic rings. The van der Waals surface area contributed by atoms with E-state index in [-0.39, 0.29) is 6.61 Å². The molecule has 0 atom stereocenters. The fourth-order valence-electron chi connectivity index (χ4n) is 0.642. The van der Waals surface area contributed by atoms with Crippen molar-refractivity contribution in [2.24, 2.45) is 0 Å². The highest BCUT2D eigenvalue weighted by atomic mass is 127. The number of alkyl halides is 1. The predicted molar refractivity (Wildman–Crippen MR) is 60.9 cm³/mol. The van der Waals surface area contributed by atoms with Gasteiger partial charge in [-0.1, -0.05) is 22.6 Å². The minimum Gasteiger partial charge on any atom is -0.447 e. The van der Waals surface area contributed by atoms with Crippen LogP contribution in [0.15, 0.2) is 0 Å². The van der Waals surface area contributed by atoms with Crippen molar-refractivity contribution in [1.82, 2.24) is 5.32 Å². The molecule has 0 spiro atoms. The van der Waals surface area contributed by atoms with E-state index in [9.17, 15) is 4.79 Å². The number of carbonyl (C=O) groups excluding carboxylic acids is 1. The molecule has 0 aliphatic heterocycles. The highest BCUT2D eigenvalue weighted by Crippen LogP contribution is 1.84. The molecule has 0 aromatic heterocycles. The van der Waals surface area contributed by atoms with E-state index in [1.165, 1.54) is 7.05 Å². The zero-order valence-electron chi connectivity index (χ0n) is 8.25. The maximum atomic E-state index is 10.6. The number of carbonyl (C=O) groups is 1. The highest BCUT2D eigenvalue weighted by Gasteiger charge is 1.96. The van der Waals surface area contributed by atoms with Crippen molar-refractivity contribution in [2.75, 3.05) is 44.5 Å². The van der Waals surface area contributed by atoms with Crippen LogP contribution in [-0.4, -0.2) is 50.6 Å². The fourth-order valence-corrected chi connectivity index (χ4v) is 0.953. The van der Waals surface area contributed by atoms with Gasteiger partial charge in [0.25, 0.3) is 0 Å². The van der Waals surface area contributed by atoms with Crippen LogP contribution in [0.4, 0.5) is 4.79 Å². The Hall–Kier alpha value is -0.0800. The molecule has 1 amide bonds. The molecule has 0 bridgehead atoms. The molecular weight excluding hydrogens is 301 g/mol. The van der Waals surface area contributed by atoms with Gasteiger partial charge in [0, 0.05) is 11.5 Å². The van der Waals surface area contributed by atoms with E-state index in [1.54, 1.807) is 0 Å². The topological polar surface area (TPSA) is 56.8 Å². The number of ether oxygens (including phenoxy) is 3. The molecule has 14 heavy (non-hydrogen) atoms. The third kappa shape index (κ3) is 10.0. The molecule has 0 aliphatic rings. The average Bonchev–Trinajstić information content (AvgIpc) is 2.21. The summed E-state index contributed by atoms with van der Waals surface area (Å²) in [5, 5.41) is 2.34. The molecule has 0 radical (unpaired) electrons. The van der Waals surface area contributed by atoms with Gasteiger partial charge in [-0.25, -0.2) is 4.79 Å². The third-order valence-corrected chi connectivity index (χ3v) is 1.70. The maximum absolute atomic E-state index is 10.6. The number of alkyl carbamates (subject to hydrolysis) is 1. The molecule has 0 aliphatic carbocycles. The summed E-state index contributed by atoms with van der Waals surface area (Å²) >= 11 is 2.24. The quantitative estimate of drug-likeness (QED) is 0.409. The molecule has 6 heteroatoms. The van der Waals surface area contributed by atoms with Crippen molar-refractivity contribution >= 4 is 28.7 Å². The summed E-state index contributed by atoms with van der Waals surface area (Å²) in [6.07, 6.45) is -0.435.